The zero-order valence-corrected chi connectivity index (χ0v) is 11.1. The minimum Gasteiger partial charge on any atom is -0.383 e. The molecule has 4 nitrogen and oxygen atoms in total. The van der Waals surface area contributed by atoms with E-state index in [1.165, 1.54) is 23.7 Å². The number of rotatable bonds is 6. The van der Waals surface area contributed by atoms with Crippen LogP contribution in [0.15, 0.2) is 18.2 Å². The molecular formula is C12H13F2N3OS. The smallest absolute Gasteiger partial charge is 0.202 e. The lowest BCUT2D eigenvalue weighted by molar-refractivity contribution is 0.211. The van der Waals surface area contributed by atoms with Crippen molar-refractivity contribution < 1.29 is 13.5 Å². The highest BCUT2D eigenvalue weighted by molar-refractivity contribution is 7.09. The molecule has 0 aliphatic carbocycles. The molecular weight excluding hydrogens is 272 g/mol. The van der Waals surface area contributed by atoms with Crippen molar-refractivity contribution >= 4 is 16.7 Å². The van der Waals surface area contributed by atoms with Gasteiger partial charge in [-0.15, -0.1) is 0 Å². The third kappa shape index (κ3) is 4.22. The largest absolute Gasteiger partial charge is 0.383 e. The Morgan fingerprint density at radius 1 is 1.26 bits per heavy atom. The van der Waals surface area contributed by atoms with Crippen molar-refractivity contribution in [3.8, 4) is 0 Å². The first kappa shape index (κ1) is 13.8. The number of nitrogens with one attached hydrogen (secondary N) is 1. The Kier molecular flexibility index (Phi) is 4.75. The molecule has 0 fully saturated rings. The fourth-order valence-electron chi connectivity index (χ4n) is 1.55. The summed E-state index contributed by atoms with van der Waals surface area (Å²) in [5, 5.41) is 3.72. The molecule has 2 rings (SSSR count). The SMILES string of the molecule is COCCNc1nc(Cc2cc(F)cc(F)c2)ns1. The maximum Gasteiger partial charge on any atom is 0.202 e. The first-order valence-electron chi connectivity index (χ1n) is 5.68. The van der Waals surface area contributed by atoms with Gasteiger partial charge in [0.15, 0.2) is 0 Å². The van der Waals surface area contributed by atoms with Crippen molar-refractivity contribution in [3.05, 3.63) is 41.2 Å². The van der Waals surface area contributed by atoms with Crippen molar-refractivity contribution in [1.29, 1.82) is 0 Å². The number of nitrogens with zero attached hydrogens (tertiary/aromatic N) is 2. The second-order valence-corrected chi connectivity index (χ2v) is 4.64. The predicted molar refractivity (Wildman–Crippen MR) is 69.4 cm³/mol. The number of benzene rings is 1. The topological polar surface area (TPSA) is 47.0 Å². The molecule has 1 heterocycles. The van der Waals surface area contributed by atoms with Gasteiger partial charge in [-0.2, -0.15) is 4.37 Å². The summed E-state index contributed by atoms with van der Waals surface area (Å²) in [4.78, 5) is 4.23. The Morgan fingerprint density at radius 3 is 2.68 bits per heavy atom. The quantitative estimate of drug-likeness (QED) is 0.828. The van der Waals surface area contributed by atoms with Gasteiger partial charge in [0.2, 0.25) is 5.13 Å². The molecule has 0 atom stereocenters. The van der Waals surface area contributed by atoms with E-state index in [-0.39, 0.29) is 0 Å². The number of ether oxygens (including phenoxy) is 1. The Morgan fingerprint density at radius 2 is 2.00 bits per heavy atom. The number of halogens is 2. The van der Waals surface area contributed by atoms with Crippen LogP contribution in [-0.2, 0) is 11.2 Å². The fraction of sp³-hybridized carbons (Fsp3) is 0.333. The van der Waals surface area contributed by atoms with E-state index in [1.807, 2.05) is 0 Å². The molecule has 1 N–H and O–H groups in total. The second kappa shape index (κ2) is 6.53. The molecule has 0 spiro atoms. The number of methoxy groups -OCH3 is 1. The van der Waals surface area contributed by atoms with E-state index in [2.05, 4.69) is 14.7 Å². The fourth-order valence-corrected chi connectivity index (χ4v) is 2.16. The van der Waals surface area contributed by atoms with Gasteiger partial charge in [0.05, 0.1) is 6.61 Å². The second-order valence-electron chi connectivity index (χ2n) is 3.89. The zero-order chi connectivity index (χ0) is 13.7. The number of hydrogen-bond donors (Lipinski definition) is 1. The van der Waals surface area contributed by atoms with E-state index in [1.54, 1.807) is 7.11 Å². The maximum absolute atomic E-state index is 13.0. The van der Waals surface area contributed by atoms with E-state index in [0.29, 0.717) is 36.1 Å². The van der Waals surface area contributed by atoms with E-state index < -0.39 is 11.6 Å². The van der Waals surface area contributed by atoms with Crippen LogP contribution in [-0.4, -0.2) is 29.6 Å². The first-order valence-corrected chi connectivity index (χ1v) is 6.45. The molecule has 7 heteroatoms. The Bertz CT molecular complexity index is 527. The predicted octanol–water partition coefficient (Wildman–Crippen LogP) is 2.47. The monoisotopic (exact) mass is 285 g/mol. The van der Waals surface area contributed by atoms with Gasteiger partial charge in [-0.05, 0) is 17.7 Å². The van der Waals surface area contributed by atoms with Crippen LogP contribution >= 0.6 is 11.5 Å². The van der Waals surface area contributed by atoms with Gasteiger partial charge in [0.25, 0.3) is 0 Å². The lowest BCUT2D eigenvalue weighted by Gasteiger charge is -2.00. The van der Waals surface area contributed by atoms with Gasteiger partial charge < -0.3 is 10.1 Å². The average Bonchev–Trinajstić information content (AvgIpc) is 2.76. The molecule has 0 amide bonds. The van der Waals surface area contributed by atoms with Gasteiger partial charge in [-0.25, -0.2) is 13.8 Å². The summed E-state index contributed by atoms with van der Waals surface area (Å²) in [5.74, 6) is -0.651. The van der Waals surface area contributed by atoms with E-state index in [9.17, 15) is 8.78 Å². The minimum absolute atomic E-state index is 0.303. The van der Waals surface area contributed by atoms with E-state index in [0.717, 1.165) is 6.07 Å². The summed E-state index contributed by atoms with van der Waals surface area (Å²) in [6.07, 6.45) is 0.303. The van der Waals surface area contributed by atoms with Crippen LogP contribution in [0, 0.1) is 11.6 Å². The van der Waals surface area contributed by atoms with Crippen molar-refractivity contribution in [2.24, 2.45) is 0 Å². The van der Waals surface area contributed by atoms with Crippen LogP contribution < -0.4 is 5.32 Å². The van der Waals surface area contributed by atoms with Crippen LogP contribution in [0.2, 0.25) is 0 Å². The zero-order valence-electron chi connectivity index (χ0n) is 10.3. The summed E-state index contributed by atoms with van der Waals surface area (Å²) in [6, 6.07) is 3.40. The van der Waals surface area contributed by atoms with Crippen molar-refractivity contribution in [2.45, 2.75) is 6.42 Å². The molecule has 1 aromatic carbocycles. The maximum atomic E-state index is 13.0. The molecule has 2 aromatic rings. The van der Waals surface area contributed by atoms with Crippen molar-refractivity contribution in [3.63, 3.8) is 0 Å². The molecule has 0 radical (unpaired) electrons. The van der Waals surface area contributed by atoms with E-state index in [4.69, 9.17) is 4.74 Å². The Hall–Kier alpha value is -1.60. The molecule has 0 bridgehead atoms. The molecule has 19 heavy (non-hydrogen) atoms. The molecule has 0 saturated heterocycles. The molecule has 0 saturated carbocycles. The Labute approximate surface area is 113 Å². The van der Waals surface area contributed by atoms with Crippen LogP contribution in [0.4, 0.5) is 13.9 Å². The van der Waals surface area contributed by atoms with Gasteiger partial charge in [-0.3, -0.25) is 0 Å². The summed E-state index contributed by atoms with van der Waals surface area (Å²) >= 11 is 1.21. The number of aromatic nitrogens is 2. The van der Waals surface area contributed by atoms with Crippen molar-refractivity contribution in [2.75, 3.05) is 25.6 Å². The lowest BCUT2D eigenvalue weighted by atomic mass is 10.1. The summed E-state index contributed by atoms with van der Waals surface area (Å²) in [5.41, 5.74) is 0.513. The van der Waals surface area contributed by atoms with Crippen LogP contribution in [0.5, 0.6) is 0 Å². The third-order valence-corrected chi connectivity index (χ3v) is 3.05. The van der Waals surface area contributed by atoms with Gasteiger partial charge >= 0.3 is 0 Å². The van der Waals surface area contributed by atoms with Crippen LogP contribution in [0.3, 0.4) is 0 Å². The highest BCUT2D eigenvalue weighted by Crippen LogP contribution is 2.15. The molecule has 0 unspecified atom stereocenters. The van der Waals surface area contributed by atoms with Gasteiger partial charge in [0, 0.05) is 37.7 Å². The molecule has 0 aliphatic heterocycles. The Balaban J connectivity index is 1.99. The molecule has 1 aromatic heterocycles. The summed E-state index contributed by atoms with van der Waals surface area (Å²) in [6.45, 7) is 1.21. The number of anilines is 1. The molecule has 102 valence electrons. The van der Waals surface area contributed by atoms with Gasteiger partial charge in [0.1, 0.15) is 17.5 Å². The highest BCUT2D eigenvalue weighted by atomic mass is 32.1. The summed E-state index contributed by atoms with van der Waals surface area (Å²) < 4.78 is 35.1. The minimum atomic E-state index is -0.594. The van der Waals surface area contributed by atoms with Crippen LogP contribution in [0.25, 0.3) is 0 Å². The lowest BCUT2D eigenvalue weighted by Crippen LogP contribution is -2.07. The van der Waals surface area contributed by atoms with E-state index >= 15 is 0 Å². The third-order valence-electron chi connectivity index (χ3n) is 2.34. The first-order chi connectivity index (χ1) is 9.17. The standard InChI is InChI=1S/C12H13F2N3OS/c1-18-3-2-15-12-16-11(17-19-12)6-8-4-9(13)7-10(14)5-8/h4-5,7H,2-3,6H2,1H3,(H,15,16,17). The van der Waals surface area contributed by atoms with Gasteiger partial charge in [-0.1, -0.05) is 0 Å². The van der Waals surface area contributed by atoms with Crippen molar-refractivity contribution in [1.82, 2.24) is 9.36 Å². The highest BCUT2D eigenvalue weighted by Gasteiger charge is 2.07. The normalized spacial score (nSPS) is 10.7. The number of hydrogen-bond acceptors (Lipinski definition) is 5. The molecule has 0 aliphatic rings. The van der Waals surface area contributed by atoms with Crippen LogP contribution in [0.1, 0.15) is 11.4 Å². The average molecular weight is 285 g/mol. The summed E-state index contributed by atoms with van der Waals surface area (Å²) in [7, 11) is 1.62.